The van der Waals surface area contributed by atoms with E-state index in [0.717, 1.165) is 25.6 Å². The summed E-state index contributed by atoms with van der Waals surface area (Å²) >= 11 is 1.76. The molecule has 0 bridgehead atoms. The number of carbonyl (C=O) groups is 1. The fourth-order valence-electron chi connectivity index (χ4n) is 2.09. The molecule has 0 spiro atoms. The van der Waals surface area contributed by atoms with Gasteiger partial charge in [0.15, 0.2) is 5.96 Å². The summed E-state index contributed by atoms with van der Waals surface area (Å²) in [7, 11) is 0. The lowest BCUT2D eigenvalue weighted by molar-refractivity contribution is -0.130. The summed E-state index contributed by atoms with van der Waals surface area (Å²) in [6, 6.07) is 4.22. The lowest BCUT2D eigenvalue weighted by Gasteiger charge is -2.19. The first-order valence-corrected chi connectivity index (χ1v) is 8.77. The summed E-state index contributed by atoms with van der Waals surface area (Å²) in [5, 5.41) is 6.44. The summed E-state index contributed by atoms with van der Waals surface area (Å²) in [5.41, 5.74) is 0. The molecule has 7 heteroatoms. The topological polar surface area (TPSA) is 56.7 Å². The quantitative estimate of drug-likeness (QED) is 0.362. The number of hydrogen-bond donors (Lipinski definition) is 2. The molecule has 0 aliphatic carbocycles. The SMILES string of the molecule is CCNC(=NCc1ccc(C)s1)NCCC(=O)N(CC)CC.I. The Bertz CT molecular complexity index is 486. The Morgan fingerprint density at radius 2 is 1.91 bits per heavy atom. The van der Waals surface area contributed by atoms with Crippen molar-refractivity contribution >= 4 is 47.2 Å². The van der Waals surface area contributed by atoms with Gasteiger partial charge in [-0.05, 0) is 39.8 Å². The minimum atomic E-state index is 0. The summed E-state index contributed by atoms with van der Waals surface area (Å²) in [6.07, 6.45) is 0.490. The van der Waals surface area contributed by atoms with E-state index in [1.807, 2.05) is 25.7 Å². The normalized spacial score (nSPS) is 10.9. The molecule has 1 heterocycles. The number of guanidine groups is 1. The first-order valence-electron chi connectivity index (χ1n) is 7.95. The number of rotatable bonds is 8. The molecule has 1 amide bonds. The fraction of sp³-hybridized carbons (Fsp3) is 0.625. The van der Waals surface area contributed by atoms with Crippen LogP contribution in [0.3, 0.4) is 0 Å². The zero-order chi connectivity index (χ0) is 16.4. The number of nitrogens with one attached hydrogen (secondary N) is 2. The number of halogens is 1. The van der Waals surface area contributed by atoms with Crippen molar-refractivity contribution in [2.75, 3.05) is 26.2 Å². The number of amides is 1. The molecule has 2 N–H and O–H groups in total. The smallest absolute Gasteiger partial charge is 0.224 e. The number of thiophene rings is 1. The molecule has 5 nitrogen and oxygen atoms in total. The van der Waals surface area contributed by atoms with E-state index in [1.54, 1.807) is 11.3 Å². The Morgan fingerprint density at radius 1 is 1.22 bits per heavy atom. The summed E-state index contributed by atoms with van der Waals surface area (Å²) in [4.78, 5) is 20.9. The lowest BCUT2D eigenvalue weighted by Crippen LogP contribution is -2.40. The molecule has 0 aliphatic rings. The van der Waals surface area contributed by atoms with Gasteiger partial charge in [0.05, 0.1) is 6.54 Å². The highest BCUT2D eigenvalue weighted by atomic mass is 127. The number of hydrogen-bond acceptors (Lipinski definition) is 3. The fourth-order valence-corrected chi connectivity index (χ4v) is 2.91. The second-order valence-electron chi connectivity index (χ2n) is 4.95. The second kappa shape index (κ2) is 12.6. The third-order valence-electron chi connectivity index (χ3n) is 3.28. The maximum Gasteiger partial charge on any atom is 0.224 e. The predicted octanol–water partition coefficient (Wildman–Crippen LogP) is 2.99. The van der Waals surface area contributed by atoms with Crippen molar-refractivity contribution < 1.29 is 4.79 Å². The van der Waals surface area contributed by atoms with Crippen LogP contribution in [0.1, 0.15) is 36.9 Å². The van der Waals surface area contributed by atoms with Gasteiger partial charge >= 0.3 is 0 Å². The van der Waals surface area contributed by atoms with E-state index in [1.165, 1.54) is 9.75 Å². The molecule has 0 saturated carbocycles. The molecule has 1 aromatic heterocycles. The summed E-state index contributed by atoms with van der Waals surface area (Å²) in [6.45, 7) is 11.7. The molecule has 0 radical (unpaired) electrons. The second-order valence-corrected chi connectivity index (χ2v) is 6.32. The van der Waals surface area contributed by atoms with Gasteiger partial charge in [-0.25, -0.2) is 4.99 Å². The highest BCUT2D eigenvalue weighted by Gasteiger charge is 2.09. The van der Waals surface area contributed by atoms with Crippen LogP contribution in [0.5, 0.6) is 0 Å². The first kappa shape index (κ1) is 22.2. The molecule has 0 saturated heterocycles. The highest BCUT2D eigenvalue weighted by molar-refractivity contribution is 14.0. The molecule has 23 heavy (non-hydrogen) atoms. The summed E-state index contributed by atoms with van der Waals surface area (Å²) in [5.74, 6) is 0.947. The van der Waals surface area contributed by atoms with Crippen LogP contribution in [0.15, 0.2) is 17.1 Å². The van der Waals surface area contributed by atoms with Crippen molar-refractivity contribution in [3.05, 3.63) is 21.9 Å². The van der Waals surface area contributed by atoms with Gasteiger partial charge in [-0.15, -0.1) is 35.3 Å². The van der Waals surface area contributed by atoms with E-state index in [9.17, 15) is 4.79 Å². The van der Waals surface area contributed by atoms with Gasteiger partial charge in [-0.3, -0.25) is 4.79 Å². The van der Waals surface area contributed by atoms with Crippen LogP contribution in [0.4, 0.5) is 0 Å². The van der Waals surface area contributed by atoms with Gasteiger partial charge in [0.2, 0.25) is 5.91 Å². The van der Waals surface area contributed by atoms with Gasteiger partial charge in [-0.2, -0.15) is 0 Å². The zero-order valence-electron chi connectivity index (χ0n) is 14.5. The van der Waals surface area contributed by atoms with Crippen molar-refractivity contribution in [2.24, 2.45) is 4.99 Å². The average molecular weight is 452 g/mol. The Labute approximate surface area is 161 Å². The Kier molecular flexibility index (Phi) is 12.1. The van der Waals surface area contributed by atoms with Crippen LogP contribution in [0.2, 0.25) is 0 Å². The molecule has 1 rings (SSSR count). The Hall–Kier alpha value is -0.830. The molecular formula is C16H29IN4OS. The molecular weight excluding hydrogens is 423 g/mol. The van der Waals surface area contributed by atoms with Crippen LogP contribution in [0, 0.1) is 6.92 Å². The van der Waals surface area contributed by atoms with E-state index in [-0.39, 0.29) is 29.9 Å². The van der Waals surface area contributed by atoms with Crippen LogP contribution in [-0.4, -0.2) is 42.9 Å². The average Bonchev–Trinajstić information content (AvgIpc) is 2.91. The number of aryl methyl sites for hydroxylation is 1. The van der Waals surface area contributed by atoms with E-state index in [4.69, 9.17) is 0 Å². The first-order chi connectivity index (χ1) is 10.6. The van der Waals surface area contributed by atoms with E-state index in [2.05, 4.69) is 34.7 Å². The van der Waals surface area contributed by atoms with Crippen molar-refractivity contribution in [3.8, 4) is 0 Å². The molecule has 0 unspecified atom stereocenters. The van der Waals surface area contributed by atoms with Gasteiger partial charge < -0.3 is 15.5 Å². The minimum Gasteiger partial charge on any atom is -0.357 e. The van der Waals surface area contributed by atoms with Crippen molar-refractivity contribution in [3.63, 3.8) is 0 Å². The number of aliphatic imine (C=N–C) groups is 1. The van der Waals surface area contributed by atoms with Crippen molar-refractivity contribution in [1.82, 2.24) is 15.5 Å². The molecule has 132 valence electrons. The third kappa shape index (κ3) is 8.55. The van der Waals surface area contributed by atoms with E-state index in [0.29, 0.717) is 19.5 Å². The van der Waals surface area contributed by atoms with E-state index < -0.39 is 0 Å². The van der Waals surface area contributed by atoms with Crippen LogP contribution in [0.25, 0.3) is 0 Å². The molecule has 0 aromatic carbocycles. The van der Waals surface area contributed by atoms with Crippen LogP contribution < -0.4 is 10.6 Å². The standard InChI is InChI=1S/C16H28N4OS.HI/c1-5-17-16(19-12-14-9-8-13(4)22-14)18-11-10-15(21)20(6-2)7-3;/h8-9H,5-7,10-12H2,1-4H3,(H2,17,18,19);1H. The predicted molar refractivity (Wildman–Crippen MR) is 110 cm³/mol. The lowest BCUT2D eigenvalue weighted by atomic mass is 10.3. The number of carbonyl (C=O) groups excluding carboxylic acids is 1. The van der Waals surface area contributed by atoms with Gasteiger partial charge in [0.1, 0.15) is 0 Å². The third-order valence-corrected chi connectivity index (χ3v) is 4.27. The summed E-state index contributed by atoms with van der Waals surface area (Å²) < 4.78 is 0. The Balaban J connectivity index is 0.00000484. The van der Waals surface area contributed by atoms with Crippen LogP contribution in [-0.2, 0) is 11.3 Å². The van der Waals surface area contributed by atoms with Gasteiger partial charge in [-0.1, -0.05) is 0 Å². The molecule has 0 fully saturated rings. The molecule has 1 aromatic rings. The molecule has 0 atom stereocenters. The Morgan fingerprint density at radius 3 is 2.43 bits per heavy atom. The largest absolute Gasteiger partial charge is 0.357 e. The monoisotopic (exact) mass is 452 g/mol. The van der Waals surface area contributed by atoms with Gasteiger partial charge in [0.25, 0.3) is 0 Å². The minimum absolute atomic E-state index is 0. The maximum absolute atomic E-state index is 12.0. The molecule has 0 aliphatic heterocycles. The van der Waals surface area contributed by atoms with Crippen LogP contribution >= 0.6 is 35.3 Å². The van der Waals surface area contributed by atoms with Gasteiger partial charge in [0, 0.05) is 42.4 Å². The zero-order valence-corrected chi connectivity index (χ0v) is 17.7. The maximum atomic E-state index is 12.0. The van der Waals surface area contributed by atoms with E-state index >= 15 is 0 Å². The number of nitrogens with zero attached hydrogens (tertiary/aromatic N) is 2. The highest BCUT2D eigenvalue weighted by Crippen LogP contribution is 2.15. The van der Waals surface area contributed by atoms with Crippen molar-refractivity contribution in [1.29, 1.82) is 0 Å². The van der Waals surface area contributed by atoms with Crippen molar-refractivity contribution in [2.45, 2.75) is 40.7 Å².